The molecule has 0 aliphatic carbocycles. The van der Waals surface area contributed by atoms with Crippen LogP contribution in [-0.2, 0) is 25.3 Å². The summed E-state index contributed by atoms with van der Waals surface area (Å²) in [6.07, 6.45) is -3.69. The molecule has 0 aliphatic rings. The highest BCUT2D eigenvalue weighted by Crippen LogP contribution is 2.37. The monoisotopic (exact) mass is 451 g/mol. The van der Waals surface area contributed by atoms with Gasteiger partial charge in [-0.2, -0.15) is 13.2 Å². The zero-order chi connectivity index (χ0) is 23.9. The van der Waals surface area contributed by atoms with Gasteiger partial charge in [0.2, 0.25) is 5.91 Å². The quantitative estimate of drug-likeness (QED) is 0.288. The number of ether oxygens (including phenoxy) is 1. The summed E-state index contributed by atoms with van der Waals surface area (Å²) in [6, 6.07) is 10.1. The number of non-ortho nitro benzene ring substituents is 1. The van der Waals surface area contributed by atoms with E-state index in [1.807, 2.05) is 5.32 Å². The summed E-state index contributed by atoms with van der Waals surface area (Å²) in [4.78, 5) is 45.3. The van der Waals surface area contributed by atoms with Gasteiger partial charge in [0.15, 0.2) is 6.61 Å². The third-order valence-electron chi connectivity index (χ3n) is 3.77. The summed E-state index contributed by atoms with van der Waals surface area (Å²) in [6.45, 7) is 0.172. The zero-order valence-electron chi connectivity index (χ0n) is 16.4. The van der Waals surface area contributed by atoms with E-state index in [0.29, 0.717) is 5.56 Å². The van der Waals surface area contributed by atoms with Crippen molar-refractivity contribution >= 4 is 35.2 Å². The first-order valence-electron chi connectivity index (χ1n) is 8.84. The van der Waals surface area contributed by atoms with Gasteiger partial charge in [-0.05, 0) is 17.7 Å². The van der Waals surface area contributed by atoms with Crippen molar-refractivity contribution in [3.8, 4) is 0 Å². The van der Waals surface area contributed by atoms with E-state index in [2.05, 4.69) is 5.32 Å². The third-order valence-corrected chi connectivity index (χ3v) is 3.77. The maximum Gasteiger partial charge on any atom is 0.418 e. The van der Waals surface area contributed by atoms with Crippen molar-refractivity contribution < 1.29 is 37.2 Å². The van der Waals surface area contributed by atoms with Gasteiger partial charge in [-0.3, -0.25) is 19.7 Å². The fourth-order valence-electron chi connectivity index (χ4n) is 2.44. The molecule has 0 aromatic heterocycles. The van der Waals surface area contributed by atoms with Crippen LogP contribution >= 0.6 is 0 Å². The molecule has 12 heteroatoms. The number of rotatable bonds is 7. The molecule has 168 valence electrons. The van der Waals surface area contributed by atoms with E-state index in [9.17, 15) is 37.7 Å². The predicted molar refractivity (Wildman–Crippen MR) is 106 cm³/mol. The summed E-state index contributed by atoms with van der Waals surface area (Å²) in [7, 11) is 0. The van der Waals surface area contributed by atoms with Crippen molar-refractivity contribution in [2.45, 2.75) is 13.1 Å². The first-order chi connectivity index (χ1) is 15.0. The Kier molecular flexibility index (Phi) is 7.66. The molecule has 32 heavy (non-hydrogen) atoms. The summed E-state index contributed by atoms with van der Waals surface area (Å²) >= 11 is 0. The van der Waals surface area contributed by atoms with Crippen LogP contribution in [0.15, 0.2) is 54.2 Å². The van der Waals surface area contributed by atoms with Gasteiger partial charge in [-0.15, -0.1) is 0 Å². The zero-order valence-corrected chi connectivity index (χ0v) is 16.4. The molecular formula is C20H16F3N3O6. The first-order valence-corrected chi connectivity index (χ1v) is 8.84. The smallest absolute Gasteiger partial charge is 0.418 e. The first kappa shape index (κ1) is 24.1. The number of nitro benzene ring substituents is 1. The maximum absolute atomic E-state index is 13.2. The number of hydrogen-bond donors (Lipinski definition) is 2. The van der Waals surface area contributed by atoms with Crippen LogP contribution in [0.3, 0.4) is 0 Å². The topological polar surface area (TPSA) is 128 Å². The van der Waals surface area contributed by atoms with Crippen LogP contribution in [0.5, 0.6) is 0 Å². The maximum atomic E-state index is 13.2. The van der Waals surface area contributed by atoms with E-state index in [0.717, 1.165) is 19.1 Å². The number of esters is 1. The number of nitro groups is 1. The van der Waals surface area contributed by atoms with Crippen LogP contribution in [0, 0.1) is 10.1 Å². The molecule has 2 aromatic carbocycles. The summed E-state index contributed by atoms with van der Waals surface area (Å²) in [5, 5.41) is 14.9. The molecule has 0 aliphatic heterocycles. The van der Waals surface area contributed by atoms with Crippen LogP contribution < -0.4 is 10.6 Å². The fraction of sp³-hybridized carbons (Fsp3) is 0.150. The average Bonchev–Trinajstić information content (AvgIpc) is 2.71. The number of nitrogens with zero attached hydrogens (tertiary/aromatic N) is 1. The Balaban J connectivity index is 2.13. The number of amides is 2. The van der Waals surface area contributed by atoms with Gasteiger partial charge < -0.3 is 15.4 Å². The van der Waals surface area contributed by atoms with Crippen molar-refractivity contribution in [2.24, 2.45) is 0 Å². The number of carbonyl (C=O) groups excluding carboxylic acids is 3. The molecule has 0 heterocycles. The molecule has 0 saturated heterocycles. The largest absolute Gasteiger partial charge is 0.451 e. The fourth-order valence-corrected chi connectivity index (χ4v) is 2.44. The second kappa shape index (κ2) is 10.2. The van der Waals surface area contributed by atoms with Gasteiger partial charge in [0, 0.05) is 19.1 Å². The number of benzene rings is 2. The van der Waals surface area contributed by atoms with Gasteiger partial charge in [-0.1, -0.05) is 30.3 Å². The summed E-state index contributed by atoms with van der Waals surface area (Å²) in [5.74, 6) is -2.81. The van der Waals surface area contributed by atoms with Gasteiger partial charge in [-0.25, -0.2) is 4.79 Å². The molecule has 0 saturated carbocycles. The van der Waals surface area contributed by atoms with Crippen molar-refractivity contribution in [3.63, 3.8) is 0 Å². The molecule has 0 atom stereocenters. The molecule has 2 N–H and O–H groups in total. The van der Waals surface area contributed by atoms with E-state index in [4.69, 9.17) is 4.74 Å². The Morgan fingerprint density at radius 1 is 1.12 bits per heavy atom. The summed E-state index contributed by atoms with van der Waals surface area (Å²) in [5.41, 5.74) is -2.74. The van der Waals surface area contributed by atoms with E-state index in [-0.39, 0.29) is 11.8 Å². The van der Waals surface area contributed by atoms with Gasteiger partial charge in [0.05, 0.1) is 16.2 Å². The van der Waals surface area contributed by atoms with E-state index in [1.54, 1.807) is 30.3 Å². The number of anilines is 1. The molecule has 0 bridgehead atoms. The molecule has 0 fully saturated rings. The standard InChI is InChI=1S/C20H16F3N3O6/c1-12(27)24-17(9-13-5-3-2-4-6-13)19(29)32-11-18(28)25-16-8-7-14(26(30)31)10-15(16)20(21,22)23/h2-10H,11H2,1H3,(H,24,27)(H,25,28)/b17-9-. The highest BCUT2D eigenvalue weighted by atomic mass is 19.4. The van der Waals surface area contributed by atoms with Crippen LogP contribution in [0.1, 0.15) is 18.1 Å². The molecule has 2 rings (SSSR count). The lowest BCUT2D eigenvalue weighted by molar-refractivity contribution is -0.385. The Labute approximate surface area is 179 Å². The van der Waals surface area contributed by atoms with Gasteiger partial charge in [0.25, 0.3) is 11.6 Å². The Morgan fingerprint density at radius 2 is 1.78 bits per heavy atom. The Hall–Kier alpha value is -4.22. The van der Waals surface area contributed by atoms with E-state index < -0.39 is 52.4 Å². The van der Waals surface area contributed by atoms with E-state index >= 15 is 0 Å². The van der Waals surface area contributed by atoms with Crippen molar-refractivity contribution in [3.05, 3.63) is 75.5 Å². The highest BCUT2D eigenvalue weighted by molar-refractivity contribution is 5.99. The van der Waals surface area contributed by atoms with Gasteiger partial charge in [0.1, 0.15) is 5.70 Å². The second-order valence-corrected chi connectivity index (χ2v) is 6.26. The Bertz CT molecular complexity index is 1070. The lowest BCUT2D eigenvalue weighted by Gasteiger charge is -2.14. The van der Waals surface area contributed by atoms with Crippen LogP contribution in [-0.4, -0.2) is 29.3 Å². The van der Waals surface area contributed by atoms with Crippen LogP contribution in [0.4, 0.5) is 24.5 Å². The van der Waals surface area contributed by atoms with Gasteiger partial charge >= 0.3 is 12.1 Å². The SMILES string of the molecule is CC(=O)N/C(=C\c1ccccc1)C(=O)OCC(=O)Nc1ccc([N+](=O)[O-])cc1C(F)(F)F. The third kappa shape index (κ3) is 6.93. The van der Waals surface area contributed by atoms with Crippen molar-refractivity contribution in [2.75, 3.05) is 11.9 Å². The molecular weight excluding hydrogens is 435 g/mol. The van der Waals surface area contributed by atoms with Crippen molar-refractivity contribution in [1.82, 2.24) is 5.32 Å². The minimum atomic E-state index is -4.98. The van der Waals surface area contributed by atoms with Crippen LogP contribution in [0.25, 0.3) is 6.08 Å². The number of hydrogen-bond acceptors (Lipinski definition) is 6. The molecule has 0 radical (unpaired) electrons. The number of carbonyl (C=O) groups is 3. The molecule has 2 aromatic rings. The number of nitrogens with one attached hydrogen (secondary N) is 2. The molecule has 0 unspecified atom stereocenters. The minimum Gasteiger partial charge on any atom is -0.451 e. The lowest BCUT2D eigenvalue weighted by Crippen LogP contribution is -2.29. The van der Waals surface area contributed by atoms with Crippen molar-refractivity contribution in [1.29, 1.82) is 0 Å². The van der Waals surface area contributed by atoms with Crippen LogP contribution in [0.2, 0.25) is 0 Å². The molecule has 9 nitrogen and oxygen atoms in total. The minimum absolute atomic E-state index is 0.277. The lowest BCUT2D eigenvalue weighted by atomic mass is 10.1. The molecule has 0 spiro atoms. The number of alkyl halides is 3. The highest BCUT2D eigenvalue weighted by Gasteiger charge is 2.35. The normalized spacial score (nSPS) is 11.4. The summed E-state index contributed by atoms with van der Waals surface area (Å²) < 4.78 is 44.3. The predicted octanol–water partition coefficient (Wildman–Crippen LogP) is 3.27. The molecule has 2 amide bonds. The second-order valence-electron chi connectivity index (χ2n) is 6.26. The van der Waals surface area contributed by atoms with E-state index in [1.165, 1.54) is 6.08 Å². The number of halogens is 3. The Morgan fingerprint density at radius 3 is 2.34 bits per heavy atom. The average molecular weight is 451 g/mol.